The van der Waals surface area contributed by atoms with Crippen molar-refractivity contribution in [1.29, 1.82) is 0 Å². The number of nitrogens with one attached hydrogen (secondary N) is 1. The molecule has 1 fully saturated rings. The van der Waals surface area contributed by atoms with Crippen molar-refractivity contribution in [2.75, 3.05) is 18.6 Å². The van der Waals surface area contributed by atoms with Crippen molar-refractivity contribution in [1.82, 2.24) is 5.32 Å². The number of carboxylic acid groups (broad SMARTS) is 1. The molecule has 0 saturated heterocycles. The van der Waals surface area contributed by atoms with Crippen LogP contribution in [-0.4, -0.2) is 36.5 Å². The Bertz CT molecular complexity index is 1310. The van der Waals surface area contributed by atoms with E-state index in [2.05, 4.69) is 5.32 Å². The van der Waals surface area contributed by atoms with Crippen molar-refractivity contribution < 1.29 is 43.0 Å². The average molecular weight is 582 g/mol. The summed E-state index contributed by atoms with van der Waals surface area (Å²) in [5, 5.41) is 14.3. The van der Waals surface area contributed by atoms with E-state index >= 15 is 0 Å². The molecule has 0 spiro atoms. The van der Waals surface area contributed by atoms with Gasteiger partial charge < -0.3 is 24.7 Å². The average Bonchev–Trinajstić information content (AvgIpc) is 2.99. The fourth-order valence-electron chi connectivity index (χ4n) is 5.28. The molecule has 1 amide bonds. The van der Waals surface area contributed by atoms with Crippen LogP contribution in [0.3, 0.4) is 0 Å². The van der Waals surface area contributed by atoms with Crippen LogP contribution in [0.4, 0.5) is 0 Å². The molecular weight excluding hydrogens is 541 g/mol. The molecule has 1 aliphatic rings. The van der Waals surface area contributed by atoms with E-state index in [1.54, 1.807) is 6.07 Å². The van der Waals surface area contributed by atoms with Crippen LogP contribution in [0.2, 0.25) is 0 Å². The van der Waals surface area contributed by atoms with E-state index in [-0.39, 0.29) is 18.9 Å². The zero-order chi connectivity index (χ0) is 29.0. The first-order valence-corrected chi connectivity index (χ1v) is 15.8. The summed E-state index contributed by atoms with van der Waals surface area (Å²) in [6, 6.07) is 20.4. The summed E-state index contributed by atoms with van der Waals surface area (Å²) in [5.41, 5.74) is 5.05. The molecule has 0 heterocycles. The molecule has 6 nitrogen and oxygen atoms in total. The van der Waals surface area contributed by atoms with Crippen LogP contribution in [0.5, 0.6) is 5.75 Å². The van der Waals surface area contributed by atoms with Gasteiger partial charge in [-0.1, -0.05) is 61.7 Å². The third kappa shape index (κ3) is 9.95. The normalized spacial score (nSPS) is 14.0. The smallest absolute Gasteiger partial charge is 0.548 e. The molecule has 8 heteroatoms. The number of carboxylic acids is 1. The van der Waals surface area contributed by atoms with Crippen LogP contribution >= 0.6 is 11.8 Å². The van der Waals surface area contributed by atoms with Gasteiger partial charge >= 0.3 is 18.9 Å². The predicted molar refractivity (Wildman–Crippen MR) is 163 cm³/mol. The molecule has 1 atom stereocenters. The Labute approximate surface area is 266 Å². The van der Waals surface area contributed by atoms with Crippen molar-refractivity contribution in [3.63, 3.8) is 0 Å². The maximum Gasteiger partial charge on any atom is 1.00 e. The van der Waals surface area contributed by atoms with Crippen molar-refractivity contribution in [2.24, 2.45) is 5.92 Å². The molecule has 1 aliphatic carbocycles. The molecule has 0 bridgehead atoms. The molecule has 0 aromatic heterocycles. The van der Waals surface area contributed by atoms with Crippen LogP contribution < -0.4 is 34.0 Å². The summed E-state index contributed by atoms with van der Waals surface area (Å²) in [6.07, 6.45) is 8.65. The zero-order valence-electron chi connectivity index (χ0n) is 25.0. The fraction of sp³-hybridized carbons (Fsp3) is 0.412. The Kier molecular flexibility index (Phi) is 14.0. The number of hydrogen-bond donors (Lipinski definition) is 1. The molecule has 4 rings (SSSR count). The van der Waals surface area contributed by atoms with E-state index in [9.17, 15) is 14.7 Å². The second-order valence-corrected chi connectivity index (χ2v) is 11.8. The van der Waals surface area contributed by atoms with Crippen molar-refractivity contribution in [3.8, 4) is 16.9 Å². The number of thioether (sulfide) groups is 1. The van der Waals surface area contributed by atoms with Crippen LogP contribution in [0.15, 0.2) is 66.7 Å². The Morgan fingerprint density at radius 2 is 1.69 bits per heavy atom. The van der Waals surface area contributed by atoms with Crippen LogP contribution in [0.25, 0.3) is 11.1 Å². The number of aliphatic carboxylic acids is 1. The Balaban J connectivity index is 0.00000484. The molecular formula is C34H40LiNO5S. The second kappa shape index (κ2) is 17.4. The van der Waals surface area contributed by atoms with Gasteiger partial charge in [0.05, 0.1) is 31.8 Å². The minimum Gasteiger partial charge on any atom is -0.548 e. The quantitative estimate of drug-likeness (QED) is 0.295. The summed E-state index contributed by atoms with van der Waals surface area (Å²) in [6.45, 7) is 3.56. The molecule has 0 unspecified atom stereocenters. The molecule has 0 aliphatic heterocycles. The zero-order valence-corrected chi connectivity index (χ0v) is 25.8. The number of hydrogen-bond acceptors (Lipinski definition) is 6. The van der Waals surface area contributed by atoms with Gasteiger partial charge in [-0.25, -0.2) is 0 Å². The Morgan fingerprint density at radius 3 is 2.40 bits per heavy atom. The minimum absolute atomic E-state index is 0. The minimum atomic E-state index is -1.28. The number of carbonyl (C=O) groups excluding carboxylic acids is 2. The largest absolute Gasteiger partial charge is 1.00 e. The third-order valence-electron chi connectivity index (χ3n) is 7.61. The van der Waals surface area contributed by atoms with Crippen molar-refractivity contribution in [2.45, 2.75) is 64.7 Å². The van der Waals surface area contributed by atoms with Gasteiger partial charge in [0.1, 0.15) is 5.75 Å². The maximum atomic E-state index is 13.3. The van der Waals surface area contributed by atoms with Gasteiger partial charge in [-0.3, -0.25) is 4.79 Å². The first-order chi connectivity index (χ1) is 19.9. The molecule has 0 radical (unpaired) electrons. The standard InChI is InChI=1S/C34H41NO5S.Li/c1-24-9-6-7-14-29(24)31-20-27(15-16-30(31)33(36)35-32(34(37)38)17-18-41-2)22-39-21-26-12-8-13-28(19-26)40-23-25-10-4-3-5-11-25;/h6-9,12-16,19-20,25,32H,3-5,10-11,17-18,21-23H2,1-2H3,(H,35,36)(H,37,38);/q;+1/p-1/t32-;/m0./s1. The Hall–Kier alpha value is -2.69. The number of aryl methyl sites for hydroxylation is 1. The molecule has 3 aromatic carbocycles. The SMILES string of the molecule is CSCC[C@H](NC(=O)c1ccc(COCc2cccc(OCC3CCCCC3)c2)cc1-c1ccccc1C)C(=O)[O-].[Li+]. The van der Waals surface area contributed by atoms with Crippen LogP contribution in [-0.2, 0) is 22.7 Å². The van der Waals surface area contributed by atoms with Crippen LogP contribution in [0, 0.1) is 12.8 Å². The van der Waals surface area contributed by atoms with Gasteiger partial charge in [-0.05, 0) is 96.2 Å². The van der Waals surface area contributed by atoms with E-state index in [1.807, 2.05) is 73.8 Å². The van der Waals surface area contributed by atoms with Gasteiger partial charge in [-0.2, -0.15) is 11.8 Å². The van der Waals surface area contributed by atoms with Gasteiger partial charge in [0.2, 0.25) is 0 Å². The third-order valence-corrected chi connectivity index (χ3v) is 8.25. The number of amides is 1. The van der Waals surface area contributed by atoms with Crippen molar-refractivity contribution >= 4 is 23.6 Å². The summed E-state index contributed by atoms with van der Waals surface area (Å²) >= 11 is 1.53. The van der Waals surface area contributed by atoms with Gasteiger partial charge in [0, 0.05) is 5.56 Å². The van der Waals surface area contributed by atoms with E-state index < -0.39 is 17.9 Å². The van der Waals surface area contributed by atoms with Gasteiger partial charge in [0.25, 0.3) is 5.91 Å². The predicted octanol–water partition coefficient (Wildman–Crippen LogP) is 2.94. The van der Waals surface area contributed by atoms with E-state index in [0.29, 0.717) is 36.9 Å². The fourth-order valence-corrected chi connectivity index (χ4v) is 5.75. The first-order valence-electron chi connectivity index (χ1n) is 14.4. The number of benzene rings is 3. The molecule has 1 saturated carbocycles. The monoisotopic (exact) mass is 581 g/mol. The molecule has 1 N–H and O–H groups in total. The molecule has 42 heavy (non-hydrogen) atoms. The van der Waals surface area contributed by atoms with Gasteiger partial charge in [-0.15, -0.1) is 0 Å². The molecule has 218 valence electrons. The summed E-state index contributed by atoms with van der Waals surface area (Å²) < 4.78 is 12.2. The number of rotatable bonds is 14. The van der Waals surface area contributed by atoms with E-state index in [1.165, 1.54) is 43.9 Å². The second-order valence-electron chi connectivity index (χ2n) is 10.8. The van der Waals surface area contributed by atoms with Gasteiger partial charge in [0.15, 0.2) is 0 Å². The van der Waals surface area contributed by atoms with Crippen LogP contribution in [0.1, 0.15) is 65.6 Å². The van der Waals surface area contributed by atoms with Crippen molar-refractivity contribution in [3.05, 3.63) is 89.0 Å². The summed E-state index contributed by atoms with van der Waals surface area (Å²) in [5.74, 6) is 0.420. The number of ether oxygens (including phenoxy) is 2. The summed E-state index contributed by atoms with van der Waals surface area (Å²) in [7, 11) is 0. The summed E-state index contributed by atoms with van der Waals surface area (Å²) in [4.78, 5) is 24.9. The number of carbonyl (C=O) groups is 2. The first kappa shape index (κ1) is 33.8. The topological polar surface area (TPSA) is 87.7 Å². The molecule has 3 aromatic rings. The van der Waals surface area contributed by atoms with E-state index in [0.717, 1.165) is 40.2 Å². The Morgan fingerprint density at radius 1 is 0.952 bits per heavy atom. The van der Waals surface area contributed by atoms with E-state index in [4.69, 9.17) is 9.47 Å². The maximum absolute atomic E-state index is 13.3.